The summed E-state index contributed by atoms with van der Waals surface area (Å²) < 4.78 is 92.6. The molecule has 2 aromatic rings. The summed E-state index contributed by atoms with van der Waals surface area (Å²) in [6.45, 7) is -3.86. The number of hydrogen-bond donors (Lipinski definition) is 2. The van der Waals surface area contributed by atoms with Gasteiger partial charge >= 0.3 is 12.8 Å². The van der Waals surface area contributed by atoms with Gasteiger partial charge in [-0.2, -0.15) is 22.0 Å². The largest absolute Gasteiger partial charge is 0.435 e. The van der Waals surface area contributed by atoms with Gasteiger partial charge in [0.1, 0.15) is 5.75 Å². The van der Waals surface area contributed by atoms with Crippen LogP contribution in [0.25, 0.3) is 0 Å². The Hall–Kier alpha value is -2.73. The van der Waals surface area contributed by atoms with Crippen molar-refractivity contribution in [3.63, 3.8) is 0 Å². The zero-order chi connectivity index (χ0) is 20.9. The molecule has 0 aliphatic rings. The lowest BCUT2D eigenvalue weighted by Gasteiger charge is -2.11. The quantitative estimate of drug-likeness (QED) is 0.669. The summed E-state index contributed by atoms with van der Waals surface area (Å²) in [7, 11) is -4.39. The number of ether oxygens (including phenoxy) is 1. The molecule has 2 N–H and O–H groups in total. The van der Waals surface area contributed by atoms with Gasteiger partial charge in [-0.3, -0.25) is 4.79 Å². The van der Waals surface area contributed by atoms with E-state index in [1.165, 1.54) is 18.2 Å². The predicted molar refractivity (Wildman–Crippen MR) is 88.3 cm³/mol. The van der Waals surface area contributed by atoms with E-state index in [0.29, 0.717) is 12.1 Å². The number of carbonyl (C=O) groups excluding carboxylic acids is 1. The minimum atomic E-state index is -4.73. The van der Waals surface area contributed by atoms with Crippen LogP contribution in [0.1, 0.15) is 5.56 Å². The van der Waals surface area contributed by atoms with Gasteiger partial charge in [-0.1, -0.05) is 12.1 Å². The summed E-state index contributed by atoms with van der Waals surface area (Å²) in [6.07, 6.45) is -4.73. The van der Waals surface area contributed by atoms with Crippen molar-refractivity contribution < 1.29 is 39.9 Å². The van der Waals surface area contributed by atoms with Crippen molar-refractivity contribution in [3.05, 3.63) is 54.1 Å². The molecule has 6 nitrogen and oxygen atoms in total. The van der Waals surface area contributed by atoms with E-state index in [2.05, 4.69) is 10.1 Å². The van der Waals surface area contributed by atoms with Gasteiger partial charge < -0.3 is 10.1 Å². The molecular formula is C16H13F5N2O4S. The Morgan fingerprint density at radius 3 is 2.39 bits per heavy atom. The van der Waals surface area contributed by atoms with Gasteiger partial charge in [0.05, 0.1) is 17.0 Å². The van der Waals surface area contributed by atoms with Crippen LogP contribution in [0, 0.1) is 0 Å². The first-order chi connectivity index (χ1) is 13.0. The van der Waals surface area contributed by atoms with Crippen molar-refractivity contribution in [2.45, 2.75) is 17.7 Å². The lowest BCUT2D eigenvalue weighted by atomic mass is 10.2. The van der Waals surface area contributed by atoms with Gasteiger partial charge in [-0.05, 0) is 30.3 Å². The average Bonchev–Trinajstić information content (AvgIpc) is 2.59. The summed E-state index contributed by atoms with van der Waals surface area (Å²) >= 11 is 0. The third kappa shape index (κ3) is 6.16. The zero-order valence-electron chi connectivity index (χ0n) is 13.8. The standard InChI is InChI=1S/C16H13F5N2O4S/c17-15(18)27-12-5-2-4-11(8-12)23-14(24)9-22-28(25,26)13-6-1-3-10(7-13)16(19,20)21/h1-8,15,22H,9H2,(H,23,24). The topological polar surface area (TPSA) is 84.5 Å². The summed E-state index contributed by atoms with van der Waals surface area (Å²) in [5.74, 6) is -1.10. The molecule has 152 valence electrons. The second kappa shape index (κ2) is 8.52. The number of anilines is 1. The first-order valence-corrected chi connectivity index (χ1v) is 8.97. The van der Waals surface area contributed by atoms with Gasteiger partial charge in [0.15, 0.2) is 0 Å². The van der Waals surface area contributed by atoms with Gasteiger partial charge in [0, 0.05) is 11.8 Å². The Morgan fingerprint density at radius 1 is 1.07 bits per heavy atom. The molecule has 0 radical (unpaired) electrons. The van der Waals surface area contributed by atoms with Crippen molar-refractivity contribution in [2.24, 2.45) is 0 Å². The van der Waals surface area contributed by atoms with E-state index in [1.54, 1.807) is 0 Å². The van der Waals surface area contributed by atoms with Crippen LogP contribution in [-0.4, -0.2) is 27.5 Å². The maximum Gasteiger partial charge on any atom is 0.416 e. The number of hydrogen-bond acceptors (Lipinski definition) is 4. The van der Waals surface area contributed by atoms with E-state index in [0.717, 1.165) is 18.2 Å². The molecule has 0 unspecified atom stereocenters. The average molecular weight is 424 g/mol. The predicted octanol–water partition coefficient (Wildman–Crippen LogP) is 3.22. The Labute approximate surface area is 156 Å². The van der Waals surface area contributed by atoms with Crippen molar-refractivity contribution >= 4 is 21.6 Å². The third-order valence-corrected chi connectivity index (χ3v) is 4.64. The molecule has 0 spiro atoms. The molecule has 12 heteroatoms. The van der Waals surface area contributed by atoms with Gasteiger partial charge in [0.2, 0.25) is 15.9 Å². The molecule has 0 bridgehead atoms. The van der Waals surface area contributed by atoms with Crippen molar-refractivity contribution in [2.75, 3.05) is 11.9 Å². The van der Waals surface area contributed by atoms with E-state index in [1.807, 2.05) is 4.72 Å². The monoisotopic (exact) mass is 424 g/mol. The third-order valence-electron chi connectivity index (χ3n) is 3.24. The van der Waals surface area contributed by atoms with Crippen molar-refractivity contribution in [3.8, 4) is 5.75 Å². The highest BCUT2D eigenvalue weighted by Gasteiger charge is 2.31. The van der Waals surface area contributed by atoms with Crippen LogP contribution in [0.5, 0.6) is 5.75 Å². The van der Waals surface area contributed by atoms with Crippen LogP contribution >= 0.6 is 0 Å². The Morgan fingerprint density at radius 2 is 1.75 bits per heavy atom. The molecular weight excluding hydrogens is 411 g/mol. The Kier molecular flexibility index (Phi) is 6.56. The maximum atomic E-state index is 12.7. The van der Waals surface area contributed by atoms with E-state index in [-0.39, 0.29) is 11.4 Å². The molecule has 0 heterocycles. The van der Waals surface area contributed by atoms with Crippen LogP contribution < -0.4 is 14.8 Å². The number of rotatable bonds is 7. The van der Waals surface area contributed by atoms with E-state index < -0.39 is 45.7 Å². The highest BCUT2D eigenvalue weighted by atomic mass is 32.2. The fraction of sp³-hybridized carbons (Fsp3) is 0.188. The molecule has 0 aliphatic carbocycles. The second-order valence-corrected chi connectivity index (χ2v) is 7.07. The summed E-state index contributed by atoms with van der Waals surface area (Å²) in [5, 5.41) is 2.24. The molecule has 0 atom stereocenters. The minimum Gasteiger partial charge on any atom is -0.435 e. The first kappa shape index (κ1) is 21.6. The molecule has 28 heavy (non-hydrogen) atoms. The molecule has 0 aromatic heterocycles. The van der Waals surface area contributed by atoms with Crippen molar-refractivity contribution in [1.82, 2.24) is 4.72 Å². The summed E-state index contributed by atoms with van der Waals surface area (Å²) in [5.41, 5.74) is -1.10. The molecule has 0 saturated heterocycles. The van der Waals surface area contributed by atoms with Crippen LogP contribution in [0.2, 0.25) is 0 Å². The second-order valence-electron chi connectivity index (χ2n) is 5.30. The number of carbonyl (C=O) groups is 1. The Balaban J connectivity index is 2.02. The fourth-order valence-electron chi connectivity index (χ4n) is 2.04. The molecule has 0 saturated carbocycles. The van der Waals surface area contributed by atoms with Crippen LogP contribution in [0.3, 0.4) is 0 Å². The normalized spacial score (nSPS) is 12.1. The summed E-state index contributed by atoms with van der Waals surface area (Å²) in [4.78, 5) is 11.2. The van der Waals surface area contributed by atoms with Crippen molar-refractivity contribution in [1.29, 1.82) is 0 Å². The minimum absolute atomic E-state index is 0.0569. The lowest BCUT2D eigenvalue weighted by Crippen LogP contribution is -2.33. The van der Waals surface area contributed by atoms with E-state index in [9.17, 15) is 35.2 Å². The smallest absolute Gasteiger partial charge is 0.416 e. The summed E-state index contributed by atoms with van der Waals surface area (Å²) in [6, 6.07) is 7.99. The van der Waals surface area contributed by atoms with Crippen LogP contribution in [0.15, 0.2) is 53.4 Å². The van der Waals surface area contributed by atoms with E-state index in [4.69, 9.17) is 0 Å². The first-order valence-electron chi connectivity index (χ1n) is 7.49. The van der Waals surface area contributed by atoms with E-state index >= 15 is 0 Å². The highest BCUT2D eigenvalue weighted by Crippen LogP contribution is 2.30. The number of nitrogens with one attached hydrogen (secondary N) is 2. The fourth-order valence-corrected chi connectivity index (χ4v) is 3.07. The highest BCUT2D eigenvalue weighted by molar-refractivity contribution is 7.89. The molecule has 0 fully saturated rings. The maximum absolute atomic E-state index is 12.7. The van der Waals surface area contributed by atoms with Crippen LogP contribution in [0.4, 0.5) is 27.6 Å². The molecule has 1 amide bonds. The number of sulfonamides is 1. The molecule has 2 aromatic carbocycles. The van der Waals surface area contributed by atoms with Gasteiger partial charge in [-0.25, -0.2) is 13.1 Å². The number of alkyl halides is 5. The molecule has 2 rings (SSSR count). The number of halogens is 5. The zero-order valence-corrected chi connectivity index (χ0v) is 14.7. The lowest BCUT2D eigenvalue weighted by molar-refractivity contribution is -0.137. The van der Waals surface area contributed by atoms with Gasteiger partial charge in [-0.15, -0.1) is 0 Å². The van der Waals surface area contributed by atoms with Crippen LogP contribution in [-0.2, 0) is 21.0 Å². The number of benzene rings is 2. The number of amides is 1. The van der Waals surface area contributed by atoms with Gasteiger partial charge in [0.25, 0.3) is 0 Å². The Bertz CT molecular complexity index is 948. The molecule has 0 aliphatic heterocycles. The SMILES string of the molecule is O=C(CNS(=O)(=O)c1cccc(C(F)(F)F)c1)Nc1cccc(OC(F)F)c1.